The van der Waals surface area contributed by atoms with Crippen LogP contribution in [0.2, 0.25) is 5.02 Å². The Bertz CT molecular complexity index is 968. The van der Waals surface area contributed by atoms with Crippen molar-refractivity contribution in [1.82, 2.24) is 10.7 Å². The van der Waals surface area contributed by atoms with Crippen molar-refractivity contribution >= 4 is 29.3 Å². The van der Waals surface area contributed by atoms with Crippen molar-refractivity contribution in [3.05, 3.63) is 101 Å². The van der Waals surface area contributed by atoms with Crippen LogP contribution in [0.15, 0.2) is 84.9 Å². The molecule has 3 rings (SSSR count). The predicted octanol–water partition coefficient (Wildman–Crippen LogP) is 4.32. The van der Waals surface area contributed by atoms with Crippen LogP contribution in [0.25, 0.3) is 0 Å². The number of benzene rings is 3. The summed E-state index contributed by atoms with van der Waals surface area (Å²) in [6.07, 6.45) is -0.371. The van der Waals surface area contributed by atoms with E-state index in [1.54, 1.807) is 24.3 Å². The summed E-state index contributed by atoms with van der Waals surface area (Å²) < 4.78 is 5.26. The lowest BCUT2D eigenvalue weighted by atomic mass is 10.1. The molecule has 0 heterocycles. The lowest BCUT2D eigenvalue weighted by Crippen LogP contribution is -2.49. The molecular formula is C23H22ClN3O3. The SMILES string of the molecule is O=C(NC(Cc1ccccc1)C(=O)NNc1ccccc1Cl)OCc1ccccc1. The molecule has 0 bridgehead atoms. The quantitative estimate of drug-likeness (QED) is 0.471. The summed E-state index contributed by atoms with van der Waals surface area (Å²) >= 11 is 6.10. The van der Waals surface area contributed by atoms with Crippen LogP contribution in [0.4, 0.5) is 10.5 Å². The van der Waals surface area contributed by atoms with Gasteiger partial charge in [-0.1, -0.05) is 84.4 Å². The molecule has 6 nitrogen and oxygen atoms in total. The molecule has 0 fully saturated rings. The van der Waals surface area contributed by atoms with Gasteiger partial charge < -0.3 is 10.1 Å². The number of carbonyl (C=O) groups is 2. The number of hydrazine groups is 1. The molecule has 1 atom stereocenters. The van der Waals surface area contributed by atoms with Crippen LogP contribution in [0, 0.1) is 0 Å². The van der Waals surface area contributed by atoms with Crippen molar-refractivity contribution in [1.29, 1.82) is 0 Å². The highest BCUT2D eigenvalue weighted by Crippen LogP contribution is 2.19. The number of para-hydroxylation sites is 1. The van der Waals surface area contributed by atoms with Crippen molar-refractivity contribution in [3.8, 4) is 0 Å². The van der Waals surface area contributed by atoms with Crippen LogP contribution < -0.4 is 16.2 Å². The zero-order valence-corrected chi connectivity index (χ0v) is 16.9. The second-order valence-electron chi connectivity index (χ2n) is 6.54. The van der Waals surface area contributed by atoms with E-state index in [1.807, 2.05) is 60.7 Å². The van der Waals surface area contributed by atoms with Gasteiger partial charge >= 0.3 is 6.09 Å². The van der Waals surface area contributed by atoms with E-state index in [0.717, 1.165) is 11.1 Å². The van der Waals surface area contributed by atoms with Crippen LogP contribution in [0.3, 0.4) is 0 Å². The normalized spacial score (nSPS) is 11.2. The molecule has 1 unspecified atom stereocenters. The minimum atomic E-state index is -0.842. The minimum Gasteiger partial charge on any atom is -0.445 e. The minimum absolute atomic E-state index is 0.115. The Balaban J connectivity index is 1.62. The summed E-state index contributed by atoms with van der Waals surface area (Å²) in [7, 11) is 0. The van der Waals surface area contributed by atoms with Gasteiger partial charge in [-0.25, -0.2) is 4.79 Å². The number of alkyl carbamates (subject to hydrolysis) is 1. The maximum absolute atomic E-state index is 12.8. The summed E-state index contributed by atoms with van der Waals surface area (Å²) in [5, 5.41) is 3.11. The molecule has 0 spiro atoms. The number of carbonyl (C=O) groups excluding carboxylic acids is 2. The van der Waals surface area contributed by atoms with E-state index in [9.17, 15) is 9.59 Å². The molecule has 7 heteroatoms. The molecule has 0 aromatic heterocycles. The number of anilines is 1. The topological polar surface area (TPSA) is 79.5 Å². The van der Waals surface area contributed by atoms with Crippen molar-refractivity contribution in [2.24, 2.45) is 0 Å². The van der Waals surface area contributed by atoms with E-state index < -0.39 is 18.0 Å². The van der Waals surface area contributed by atoms with E-state index in [4.69, 9.17) is 16.3 Å². The van der Waals surface area contributed by atoms with Crippen LogP contribution in [-0.2, 0) is 22.6 Å². The van der Waals surface area contributed by atoms with Gasteiger partial charge in [-0.2, -0.15) is 0 Å². The number of hydrogen-bond donors (Lipinski definition) is 3. The lowest BCUT2D eigenvalue weighted by Gasteiger charge is -2.19. The third-order valence-electron chi connectivity index (χ3n) is 4.30. The molecule has 0 radical (unpaired) electrons. The first-order chi connectivity index (χ1) is 14.6. The van der Waals surface area contributed by atoms with Gasteiger partial charge in [0.2, 0.25) is 0 Å². The number of nitrogens with one attached hydrogen (secondary N) is 3. The van der Waals surface area contributed by atoms with Crippen LogP contribution in [0.5, 0.6) is 0 Å². The van der Waals surface area contributed by atoms with Gasteiger partial charge in [-0.15, -0.1) is 0 Å². The molecule has 3 aromatic carbocycles. The van der Waals surface area contributed by atoms with Gasteiger partial charge in [0.25, 0.3) is 5.91 Å². The molecule has 30 heavy (non-hydrogen) atoms. The molecule has 0 saturated heterocycles. The Morgan fingerprint density at radius 3 is 2.10 bits per heavy atom. The monoisotopic (exact) mass is 423 g/mol. The van der Waals surface area contributed by atoms with Crippen LogP contribution >= 0.6 is 11.6 Å². The third kappa shape index (κ3) is 6.53. The average molecular weight is 424 g/mol. The zero-order valence-electron chi connectivity index (χ0n) is 16.2. The second-order valence-corrected chi connectivity index (χ2v) is 6.95. The summed E-state index contributed by atoms with van der Waals surface area (Å²) in [6.45, 7) is 0.115. The average Bonchev–Trinajstić information content (AvgIpc) is 2.78. The molecule has 0 aliphatic carbocycles. The molecule has 0 saturated carbocycles. The van der Waals surface area contributed by atoms with Gasteiger partial charge in [-0.3, -0.25) is 15.6 Å². The highest BCUT2D eigenvalue weighted by atomic mass is 35.5. The molecule has 3 aromatic rings. The highest BCUT2D eigenvalue weighted by molar-refractivity contribution is 6.33. The molecule has 0 aliphatic rings. The summed E-state index contributed by atoms with van der Waals surface area (Å²) in [4.78, 5) is 25.0. The zero-order chi connectivity index (χ0) is 21.2. The predicted molar refractivity (Wildman–Crippen MR) is 117 cm³/mol. The Hall–Kier alpha value is -3.51. The maximum atomic E-state index is 12.8. The maximum Gasteiger partial charge on any atom is 0.408 e. The van der Waals surface area contributed by atoms with Crippen LogP contribution in [0.1, 0.15) is 11.1 Å². The molecule has 3 N–H and O–H groups in total. The van der Waals surface area contributed by atoms with E-state index in [1.165, 1.54) is 0 Å². The van der Waals surface area contributed by atoms with Gasteiger partial charge in [0.15, 0.2) is 0 Å². The first-order valence-corrected chi connectivity index (χ1v) is 9.81. The Morgan fingerprint density at radius 2 is 1.43 bits per heavy atom. The van der Waals surface area contributed by atoms with Crippen molar-refractivity contribution in [3.63, 3.8) is 0 Å². The smallest absolute Gasteiger partial charge is 0.408 e. The highest BCUT2D eigenvalue weighted by Gasteiger charge is 2.22. The first-order valence-electron chi connectivity index (χ1n) is 9.43. The fourth-order valence-corrected chi connectivity index (χ4v) is 2.93. The number of amides is 2. The van der Waals surface area contributed by atoms with Crippen molar-refractivity contribution in [2.45, 2.75) is 19.1 Å². The van der Waals surface area contributed by atoms with Crippen molar-refractivity contribution < 1.29 is 14.3 Å². The van der Waals surface area contributed by atoms with Gasteiger partial charge in [0.1, 0.15) is 12.6 Å². The Morgan fingerprint density at radius 1 is 0.833 bits per heavy atom. The number of ether oxygens (including phenoxy) is 1. The van der Waals surface area contributed by atoms with E-state index in [2.05, 4.69) is 16.2 Å². The van der Waals surface area contributed by atoms with Gasteiger partial charge in [0.05, 0.1) is 10.7 Å². The van der Waals surface area contributed by atoms with Crippen LogP contribution in [-0.4, -0.2) is 18.0 Å². The van der Waals surface area contributed by atoms with E-state index in [-0.39, 0.29) is 6.61 Å². The number of hydrogen-bond acceptors (Lipinski definition) is 4. The van der Waals surface area contributed by atoms with E-state index >= 15 is 0 Å². The molecular weight excluding hydrogens is 402 g/mol. The Kier molecular flexibility index (Phi) is 7.69. The Labute approximate surface area is 180 Å². The summed E-state index contributed by atoms with van der Waals surface area (Å²) in [6, 6.07) is 24.9. The fraction of sp³-hybridized carbons (Fsp3) is 0.130. The van der Waals surface area contributed by atoms with E-state index in [0.29, 0.717) is 17.1 Å². The van der Waals surface area contributed by atoms with Gasteiger partial charge in [-0.05, 0) is 23.3 Å². The van der Waals surface area contributed by atoms with Gasteiger partial charge in [0, 0.05) is 6.42 Å². The largest absolute Gasteiger partial charge is 0.445 e. The summed E-state index contributed by atoms with van der Waals surface area (Å²) in [5.74, 6) is -0.421. The first kappa shape index (κ1) is 21.2. The number of halogens is 1. The molecule has 0 aliphatic heterocycles. The third-order valence-corrected chi connectivity index (χ3v) is 4.63. The second kappa shape index (κ2) is 10.9. The standard InChI is InChI=1S/C23H22ClN3O3/c24-19-13-7-8-14-20(19)26-27-22(28)21(15-17-9-3-1-4-10-17)25-23(29)30-16-18-11-5-2-6-12-18/h1-14,21,26H,15-16H2,(H,25,29)(H,27,28). The number of rotatable bonds is 8. The summed E-state index contributed by atoms with van der Waals surface area (Å²) in [5.41, 5.74) is 7.70. The fourth-order valence-electron chi connectivity index (χ4n) is 2.74. The lowest BCUT2D eigenvalue weighted by molar-refractivity contribution is -0.122. The molecule has 2 amide bonds. The molecule has 154 valence electrons. The van der Waals surface area contributed by atoms with Crippen molar-refractivity contribution in [2.75, 3.05) is 5.43 Å².